The fourth-order valence-electron chi connectivity index (χ4n) is 0. The molecule has 0 aromatic carbocycles. The number of halogens is 3. The first-order chi connectivity index (χ1) is 1.73. The van der Waals surface area contributed by atoms with E-state index in [0.717, 1.165) is 0 Å². The van der Waals surface area contributed by atoms with E-state index in [2.05, 4.69) is 0 Å². The molecule has 0 aliphatic carbocycles. The van der Waals surface area contributed by atoms with Gasteiger partial charge in [-0.05, 0) is 0 Å². The van der Waals surface area contributed by atoms with E-state index in [4.69, 9.17) is 27.6 Å². The van der Waals surface area contributed by atoms with Crippen LogP contribution in [-0.2, 0) is 15.2 Å². The van der Waals surface area contributed by atoms with Gasteiger partial charge in [-0.15, -0.1) is 0 Å². The fourth-order valence-corrected chi connectivity index (χ4v) is 0. The molecule has 6 heteroatoms. The molecule has 0 radical (unpaired) electrons. The van der Waals surface area contributed by atoms with Crippen LogP contribution in [0.5, 0.6) is 0 Å². The molecule has 0 atom stereocenters. The molecule has 0 aliphatic heterocycles. The second-order valence-corrected chi connectivity index (χ2v) is 14.1. The molecule has 2 nitrogen and oxygen atoms in total. The molecule has 0 aliphatic rings. The van der Waals surface area contributed by atoms with Crippen molar-refractivity contribution in [2.75, 3.05) is 0 Å². The van der Waals surface area contributed by atoms with Gasteiger partial charge in [-0.2, -0.15) is 0 Å². The first-order valence-corrected chi connectivity index (χ1v) is 12.5. The third-order valence-corrected chi connectivity index (χ3v) is 0. The van der Waals surface area contributed by atoms with Gasteiger partial charge in [0.25, 0.3) is 0 Å². The van der Waals surface area contributed by atoms with Crippen LogP contribution in [0.2, 0.25) is 0 Å². The first-order valence-electron chi connectivity index (χ1n) is 0.507. The van der Waals surface area contributed by atoms with Gasteiger partial charge in [0, 0.05) is 0 Å². The van der Waals surface area contributed by atoms with Gasteiger partial charge < -0.3 is 11.0 Å². The summed E-state index contributed by atoms with van der Waals surface area (Å²) in [6.07, 6.45) is 0. The summed E-state index contributed by atoms with van der Waals surface area (Å²) < 4.78 is 0. The van der Waals surface area contributed by atoms with Crippen molar-refractivity contribution < 1.29 is 26.2 Å². The molecule has 0 aromatic heterocycles. The fraction of sp³-hybridized carbons (Fsp3) is 0. The van der Waals surface area contributed by atoms with Crippen LogP contribution < -0.4 is 0 Å². The van der Waals surface area contributed by atoms with E-state index in [1.807, 2.05) is 0 Å². The Balaban J connectivity index is -0.0000000450. The zero-order chi connectivity index (χ0) is 3.58. The Morgan fingerprint density at radius 1 is 0.833 bits per heavy atom. The van der Waals surface area contributed by atoms with Gasteiger partial charge in [0.15, 0.2) is 0 Å². The Morgan fingerprint density at radius 3 is 0.833 bits per heavy atom. The van der Waals surface area contributed by atoms with Crippen molar-refractivity contribution in [1.29, 1.82) is 0 Å². The van der Waals surface area contributed by atoms with Gasteiger partial charge in [-0.1, -0.05) is 0 Å². The van der Waals surface area contributed by atoms with Crippen molar-refractivity contribution in [3.8, 4) is 0 Å². The molecule has 0 heterocycles. The van der Waals surface area contributed by atoms with Crippen molar-refractivity contribution in [3.63, 3.8) is 0 Å². The number of hydrogen-bond acceptors (Lipinski definition) is 0. The Kier molecular flexibility index (Phi) is 25.4. The molecule has 0 spiro atoms. The Hall–Kier alpha value is 1.53. The van der Waals surface area contributed by atoms with Crippen LogP contribution in [-0.4, -0.2) is 11.0 Å². The predicted octanol–water partition coefficient (Wildman–Crippen LogP) is 0.417. The van der Waals surface area contributed by atoms with Crippen LogP contribution in [0.3, 0.4) is 0 Å². The summed E-state index contributed by atoms with van der Waals surface area (Å²) in [4.78, 5) is 0. The molecule has 0 bridgehead atoms. The van der Waals surface area contributed by atoms with Crippen molar-refractivity contribution in [2.24, 2.45) is 0 Å². The summed E-state index contributed by atoms with van der Waals surface area (Å²) in [6.45, 7) is 0. The maximum absolute atomic E-state index is 5.01. The van der Waals surface area contributed by atoms with Crippen LogP contribution in [0.1, 0.15) is 0 Å². The zero-order valence-corrected chi connectivity index (χ0v) is 8.06. The predicted molar refractivity (Wildman–Crippen MR) is 24.8 cm³/mol. The minimum atomic E-state index is -2.18. The molecular formula is H4Cl3O2Ta. The van der Waals surface area contributed by atoms with Gasteiger partial charge in [-0.25, -0.2) is 0 Å². The van der Waals surface area contributed by atoms with Gasteiger partial charge in [0.2, 0.25) is 0 Å². The number of rotatable bonds is 0. The van der Waals surface area contributed by atoms with E-state index in [1.54, 1.807) is 0 Å². The molecule has 0 fully saturated rings. The van der Waals surface area contributed by atoms with Crippen LogP contribution in [0, 0.1) is 0 Å². The summed E-state index contributed by atoms with van der Waals surface area (Å²) in [5.74, 6) is 0. The normalized spacial score (nSPS) is 6.00. The molecule has 0 amide bonds. The van der Waals surface area contributed by atoms with Crippen molar-refractivity contribution in [3.05, 3.63) is 0 Å². The van der Waals surface area contributed by atoms with Crippen molar-refractivity contribution in [1.82, 2.24) is 0 Å². The minimum absolute atomic E-state index is 0. The molecule has 0 saturated heterocycles. The van der Waals surface area contributed by atoms with Crippen LogP contribution in [0.15, 0.2) is 0 Å². The van der Waals surface area contributed by atoms with E-state index in [-0.39, 0.29) is 11.0 Å². The SMILES string of the molecule is O.O.[Cl][Ta]([Cl])[Cl]. The van der Waals surface area contributed by atoms with Crippen LogP contribution in [0.25, 0.3) is 0 Å². The summed E-state index contributed by atoms with van der Waals surface area (Å²) in [5, 5.41) is 0. The summed E-state index contributed by atoms with van der Waals surface area (Å²) in [5.41, 5.74) is 0. The molecule has 4 N–H and O–H groups in total. The average Bonchev–Trinajstić information content (AvgIpc) is 0.811. The summed E-state index contributed by atoms with van der Waals surface area (Å²) in [7, 11) is 15.0. The summed E-state index contributed by atoms with van der Waals surface area (Å²) >= 11 is -2.18. The topological polar surface area (TPSA) is 63.0 Å². The van der Waals surface area contributed by atoms with Gasteiger partial charge in [-0.3, -0.25) is 0 Å². The second-order valence-electron chi connectivity index (χ2n) is 0.192. The standard InChI is InChI=1S/3ClH.2H2O.Ta/h3*1H;2*1H2;/q;;;;;+3/p-3. The molecule has 0 saturated carbocycles. The quantitative estimate of drug-likeness (QED) is 0.620. The third kappa shape index (κ3) is 48.5. The van der Waals surface area contributed by atoms with E-state index < -0.39 is 15.2 Å². The van der Waals surface area contributed by atoms with Crippen LogP contribution in [0.4, 0.5) is 0 Å². The van der Waals surface area contributed by atoms with Crippen LogP contribution >= 0.6 is 27.6 Å². The third-order valence-electron chi connectivity index (χ3n) is 0. The zero-order valence-electron chi connectivity index (χ0n) is 2.58. The van der Waals surface area contributed by atoms with Crippen molar-refractivity contribution in [2.45, 2.75) is 0 Å². The first kappa shape index (κ1) is 15.6. The Morgan fingerprint density at radius 2 is 0.833 bits per heavy atom. The van der Waals surface area contributed by atoms with E-state index in [9.17, 15) is 0 Å². The Bertz CT molecular complexity index is 13.5. The second kappa shape index (κ2) is 9.73. The van der Waals surface area contributed by atoms with Gasteiger partial charge >= 0.3 is 42.8 Å². The molecule has 0 aromatic rings. The summed E-state index contributed by atoms with van der Waals surface area (Å²) in [6, 6.07) is 0. The molecule has 0 unspecified atom stereocenters. The monoisotopic (exact) mass is 322 g/mol. The van der Waals surface area contributed by atoms with E-state index in [1.165, 1.54) is 0 Å². The Labute approximate surface area is 53.6 Å². The molecule has 0 rings (SSSR count). The number of hydrogen-bond donors (Lipinski definition) is 0. The molecule has 42 valence electrons. The van der Waals surface area contributed by atoms with E-state index in [0.29, 0.717) is 0 Å². The van der Waals surface area contributed by atoms with Gasteiger partial charge in [0.1, 0.15) is 0 Å². The maximum atomic E-state index is 5.01. The molecule has 6 heavy (non-hydrogen) atoms. The van der Waals surface area contributed by atoms with Crippen molar-refractivity contribution >= 4 is 27.6 Å². The van der Waals surface area contributed by atoms with E-state index >= 15 is 0 Å². The van der Waals surface area contributed by atoms with Gasteiger partial charge in [0.05, 0.1) is 0 Å². The molecular weight excluding hydrogens is 319 g/mol. The average molecular weight is 323 g/mol.